The van der Waals surface area contributed by atoms with Crippen molar-refractivity contribution >= 4 is 29.7 Å². The molecule has 1 heterocycles. The topological polar surface area (TPSA) is 128 Å². The fourth-order valence-electron chi connectivity index (χ4n) is 4.68. The molecular formula is C36H43FN4O7. The van der Waals surface area contributed by atoms with Crippen molar-refractivity contribution in [2.45, 2.75) is 78.2 Å². The summed E-state index contributed by atoms with van der Waals surface area (Å²) in [6.07, 6.45) is -1.48. The van der Waals surface area contributed by atoms with Gasteiger partial charge in [0.25, 0.3) is 5.91 Å². The number of halogens is 1. The predicted molar refractivity (Wildman–Crippen MR) is 180 cm³/mol. The van der Waals surface area contributed by atoms with Crippen LogP contribution in [-0.4, -0.2) is 54.5 Å². The highest BCUT2D eigenvalue weighted by Gasteiger charge is 2.34. The maximum atomic E-state index is 13.8. The fourth-order valence-corrected chi connectivity index (χ4v) is 4.68. The normalized spacial score (nSPS) is 14.3. The number of anilines is 1. The molecule has 0 saturated heterocycles. The summed E-state index contributed by atoms with van der Waals surface area (Å²) in [5, 5.41) is 4.93. The number of para-hydroxylation sites is 2. The van der Waals surface area contributed by atoms with E-state index >= 15 is 0 Å². The first-order valence-electron chi connectivity index (χ1n) is 15.7. The van der Waals surface area contributed by atoms with Crippen LogP contribution in [0.2, 0.25) is 0 Å². The van der Waals surface area contributed by atoms with Crippen molar-refractivity contribution in [3.8, 4) is 11.5 Å². The van der Waals surface area contributed by atoms with E-state index < -0.39 is 29.5 Å². The summed E-state index contributed by atoms with van der Waals surface area (Å²) in [7, 11) is 0. The minimum atomic E-state index is -0.761. The minimum Gasteiger partial charge on any atom is -0.493 e. The largest absolute Gasteiger partial charge is 0.493 e. The first-order valence-corrected chi connectivity index (χ1v) is 15.7. The summed E-state index contributed by atoms with van der Waals surface area (Å²) in [4.78, 5) is 44.0. The van der Waals surface area contributed by atoms with Crippen LogP contribution in [0.3, 0.4) is 0 Å². The number of nitrogens with one attached hydrogen (secondary N) is 2. The summed E-state index contributed by atoms with van der Waals surface area (Å²) >= 11 is 0. The van der Waals surface area contributed by atoms with Gasteiger partial charge in [-0.15, -0.1) is 0 Å². The Morgan fingerprint density at radius 1 is 0.875 bits per heavy atom. The molecular weight excluding hydrogens is 619 g/mol. The van der Waals surface area contributed by atoms with Crippen molar-refractivity contribution in [2.75, 3.05) is 18.1 Å². The van der Waals surface area contributed by atoms with Gasteiger partial charge in [-0.2, -0.15) is 0 Å². The Bertz CT molecular complexity index is 1580. The molecule has 1 atom stereocenters. The third-order valence-electron chi connectivity index (χ3n) is 6.68. The number of fused-ring (bicyclic) bond motifs is 1. The van der Waals surface area contributed by atoms with Crippen LogP contribution in [0.4, 0.5) is 19.7 Å². The number of hydrogen-bond donors (Lipinski definition) is 2. The van der Waals surface area contributed by atoms with E-state index in [4.69, 9.17) is 18.9 Å². The van der Waals surface area contributed by atoms with E-state index in [0.29, 0.717) is 35.6 Å². The molecule has 12 heteroatoms. The number of benzene rings is 3. The van der Waals surface area contributed by atoms with Gasteiger partial charge in [-0.25, -0.2) is 14.0 Å². The highest BCUT2D eigenvalue weighted by Crippen LogP contribution is 2.35. The van der Waals surface area contributed by atoms with Crippen LogP contribution in [0, 0.1) is 5.82 Å². The molecule has 0 bridgehead atoms. The highest BCUT2D eigenvalue weighted by atomic mass is 19.1. The molecule has 3 aromatic rings. The number of hydrogen-bond acceptors (Lipinski definition) is 8. The number of amides is 3. The quantitative estimate of drug-likeness (QED) is 0.197. The zero-order valence-electron chi connectivity index (χ0n) is 28.2. The second kappa shape index (κ2) is 15.6. The molecule has 1 unspecified atom stereocenters. The van der Waals surface area contributed by atoms with Crippen LogP contribution in [-0.2, 0) is 27.2 Å². The fraction of sp³-hybridized carbons (Fsp3) is 0.389. The van der Waals surface area contributed by atoms with Gasteiger partial charge in [-0.3, -0.25) is 20.4 Å². The predicted octanol–water partition coefficient (Wildman–Crippen LogP) is 6.54. The molecule has 4 rings (SSSR count). The molecule has 3 amide bonds. The Labute approximate surface area is 280 Å². The van der Waals surface area contributed by atoms with Gasteiger partial charge < -0.3 is 23.8 Å². The number of alkyl carbamates (subject to hydrolysis) is 2. The van der Waals surface area contributed by atoms with Crippen LogP contribution < -0.4 is 25.0 Å². The Morgan fingerprint density at radius 3 is 2.15 bits per heavy atom. The molecule has 256 valence electrons. The van der Waals surface area contributed by atoms with Crippen molar-refractivity contribution in [1.29, 1.82) is 0 Å². The molecule has 0 aromatic heterocycles. The summed E-state index contributed by atoms with van der Waals surface area (Å²) in [6, 6.07) is 20.9. The standard InChI is InChI=1S/C36H43FN4O7/c1-35(2,3)47-33(43)39-32(40-34(44)48-36(4,5)6)38-20-18-24-14-16-27(17-15-24)45-21-19-30-31(42)41(23-25-10-9-11-26(37)22-25)28-12-7-8-13-29(28)46-30/h7-17,22,30H,18-21,23H2,1-6H3,(H2,38,39,40,43,44). The van der Waals surface area contributed by atoms with E-state index in [1.165, 1.54) is 12.1 Å². The molecule has 0 fully saturated rings. The number of guanidine groups is 1. The van der Waals surface area contributed by atoms with Crippen LogP contribution in [0.15, 0.2) is 77.8 Å². The van der Waals surface area contributed by atoms with E-state index in [2.05, 4.69) is 15.6 Å². The van der Waals surface area contributed by atoms with Crippen LogP contribution in [0.5, 0.6) is 11.5 Å². The SMILES string of the molecule is CC(C)(C)OC(=O)NC(=NCCc1ccc(OCCC2Oc3ccccc3N(Cc3cccc(F)c3)C2=O)cc1)NC(=O)OC(C)(C)C. The van der Waals surface area contributed by atoms with E-state index in [9.17, 15) is 18.8 Å². The van der Waals surface area contributed by atoms with E-state index in [1.54, 1.807) is 64.6 Å². The molecule has 3 aromatic carbocycles. The highest BCUT2D eigenvalue weighted by molar-refractivity contribution is 6.01. The second-order valence-corrected chi connectivity index (χ2v) is 13.1. The lowest BCUT2D eigenvalue weighted by molar-refractivity contribution is -0.127. The zero-order chi connectivity index (χ0) is 34.9. The van der Waals surface area contributed by atoms with Gasteiger partial charge in [0.05, 0.1) is 18.8 Å². The van der Waals surface area contributed by atoms with Crippen molar-refractivity contribution in [3.05, 3.63) is 89.7 Å². The Balaban J connectivity index is 1.31. The van der Waals surface area contributed by atoms with E-state index in [0.717, 1.165) is 5.56 Å². The molecule has 0 saturated carbocycles. The summed E-state index contributed by atoms with van der Waals surface area (Å²) in [5.41, 5.74) is 0.781. The lowest BCUT2D eigenvalue weighted by Gasteiger charge is -2.34. The van der Waals surface area contributed by atoms with Crippen molar-refractivity contribution in [2.24, 2.45) is 4.99 Å². The summed E-state index contributed by atoms with van der Waals surface area (Å²) in [5.74, 6) is 0.521. The average molecular weight is 663 g/mol. The van der Waals surface area contributed by atoms with Gasteiger partial charge in [-0.05, 0) is 95.5 Å². The molecule has 48 heavy (non-hydrogen) atoms. The monoisotopic (exact) mass is 662 g/mol. The molecule has 0 spiro atoms. The number of carbonyl (C=O) groups is 3. The van der Waals surface area contributed by atoms with Crippen molar-refractivity contribution in [3.63, 3.8) is 0 Å². The van der Waals surface area contributed by atoms with Crippen LogP contribution in [0.1, 0.15) is 59.1 Å². The second-order valence-electron chi connectivity index (χ2n) is 13.1. The van der Waals surface area contributed by atoms with Crippen LogP contribution in [0.25, 0.3) is 0 Å². The van der Waals surface area contributed by atoms with E-state index in [-0.39, 0.29) is 37.4 Å². The molecule has 0 aliphatic carbocycles. The first kappa shape index (κ1) is 35.7. The van der Waals surface area contributed by atoms with Crippen LogP contribution >= 0.6 is 0 Å². The summed E-state index contributed by atoms with van der Waals surface area (Å²) in [6.45, 7) is 11.1. The number of rotatable bonds is 9. The van der Waals surface area contributed by atoms with Gasteiger partial charge in [0.1, 0.15) is 28.5 Å². The first-order chi connectivity index (χ1) is 22.6. The third-order valence-corrected chi connectivity index (χ3v) is 6.68. The Morgan fingerprint density at radius 2 is 1.52 bits per heavy atom. The molecule has 1 aliphatic rings. The van der Waals surface area contributed by atoms with Gasteiger partial charge in [0.15, 0.2) is 6.10 Å². The molecule has 11 nitrogen and oxygen atoms in total. The van der Waals surface area contributed by atoms with Gasteiger partial charge in [0, 0.05) is 13.0 Å². The number of ether oxygens (including phenoxy) is 4. The minimum absolute atomic E-state index is 0.0879. The number of carbonyl (C=O) groups excluding carboxylic acids is 3. The number of aliphatic imine (C=N–C) groups is 1. The van der Waals surface area contributed by atoms with E-state index in [1.807, 2.05) is 42.5 Å². The molecule has 1 aliphatic heterocycles. The molecule has 0 radical (unpaired) electrons. The van der Waals surface area contributed by atoms with Gasteiger partial charge in [-0.1, -0.05) is 36.4 Å². The zero-order valence-corrected chi connectivity index (χ0v) is 28.2. The average Bonchev–Trinajstić information content (AvgIpc) is 2.98. The Hall–Kier alpha value is -5.13. The lowest BCUT2D eigenvalue weighted by atomic mass is 10.1. The lowest BCUT2D eigenvalue weighted by Crippen LogP contribution is -2.47. The van der Waals surface area contributed by atoms with Gasteiger partial charge >= 0.3 is 12.2 Å². The van der Waals surface area contributed by atoms with Crippen molar-refractivity contribution in [1.82, 2.24) is 10.6 Å². The van der Waals surface area contributed by atoms with Gasteiger partial charge in [0.2, 0.25) is 5.96 Å². The summed E-state index contributed by atoms with van der Waals surface area (Å²) < 4.78 is 36.3. The van der Waals surface area contributed by atoms with Crippen molar-refractivity contribution < 1.29 is 37.7 Å². The maximum Gasteiger partial charge on any atom is 0.414 e. The Kier molecular flexibility index (Phi) is 11.6. The molecule has 2 N–H and O–H groups in total. The number of nitrogens with zero attached hydrogens (tertiary/aromatic N) is 2. The third kappa shape index (κ3) is 11.3. The maximum absolute atomic E-state index is 13.8. The smallest absolute Gasteiger partial charge is 0.414 e.